The molecule has 0 saturated heterocycles. The number of hydrogen-bond donors (Lipinski definition) is 0. The molecule has 2 aliphatic heterocycles. The monoisotopic (exact) mass is 408 g/mol. The average Bonchev–Trinajstić information content (AvgIpc) is 3.12. The highest BCUT2D eigenvalue weighted by Crippen LogP contribution is 2.28. The second-order valence-electron chi connectivity index (χ2n) is 7.83. The maximum atomic E-state index is 13.3. The van der Waals surface area contributed by atoms with E-state index >= 15 is 0 Å². The van der Waals surface area contributed by atoms with Crippen LogP contribution in [0, 0.1) is 5.82 Å². The Hall–Kier alpha value is -3.36. The van der Waals surface area contributed by atoms with Crippen molar-refractivity contribution in [3.63, 3.8) is 0 Å². The maximum absolute atomic E-state index is 13.3. The Kier molecular flexibility index (Phi) is 4.65. The van der Waals surface area contributed by atoms with Crippen molar-refractivity contribution in [1.29, 1.82) is 0 Å². The van der Waals surface area contributed by atoms with E-state index in [1.165, 1.54) is 16.7 Å². The van der Waals surface area contributed by atoms with Gasteiger partial charge in [-0.15, -0.1) is 5.10 Å². The largest absolute Gasteiger partial charge is 0.337 e. The summed E-state index contributed by atoms with van der Waals surface area (Å²) in [5.74, 6) is -0.0305. The van der Waals surface area contributed by atoms with Gasteiger partial charge in [0.15, 0.2) is 5.82 Å². The van der Waals surface area contributed by atoms with Crippen molar-refractivity contribution in [3.8, 4) is 5.69 Å². The van der Waals surface area contributed by atoms with Crippen LogP contribution in [0.15, 0.2) is 41.3 Å². The third kappa shape index (κ3) is 3.30. The first kappa shape index (κ1) is 18.7. The van der Waals surface area contributed by atoms with Crippen molar-refractivity contribution in [3.05, 3.63) is 69.7 Å². The van der Waals surface area contributed by atoms with E-state index in [-0.39, 0.29) is 23.2 Å². The number of carbonyl (C=O) groups is 1. The van der Waals surface area contributed by atoms with E-state index in [1.807, 2.05) is 4.90 Å². The van der Waals surface area contributed by atoms with Gasteiger partial charge >= 0.3 is 0 Å². The number of carbonyl (C=O) groups excluding carboxylic acids is 1. The van der Waals surface area contributed by atoms with Gasteiger partial charge in [0.2, 0.25) is 5.91 Å². The standard InChI is InChI=1S/C21H21FN6O2/c22-16-4-6-17(7-5-16)27-13-15-12-26(10-8-14(15)11-19(27)29)21(30)18-3-1-2-9-28-20(18)23-24-25-28/h4-7,11,13,18H,1-3,8-10,12H2. The Balaban J connectivity index is 1.43. The molecule has 0 aliphatic carbocycles. The second-order valence-corrected chi connectivity index (χ2v) is 7.83. The van der Waals surface area contributed by atoms with Gasteiger partial charge in [-0.3, -0.25) is 14.2 Å². The summed E-state index contributed by atoms with van der Waals surface area (Å²) in [6.07, 6.45) is 5.02. The molecule has 0 N–H and O–H groups in total. The molecule has 1 aromatic carbocycles. The normalized spacial score (nSPS) is 18.4. The molecule has 3 aromatic rings. The first-order valence-corrected chi connectivity index (χ1v) is 10.2. The lowest BCUT2D eigenvalue weighted by Gasteiger charge is -2.31. The molecule has 0 fully saturated rings. The molecule has 154 valence electrons. The lowest BCUT2D eigenvalue weighted by molar-refractivity contribution is -0.134. The number of pyridine rings is 1. The molecule has 2 aromatic heterocycles. The number of benzene rings is 1. The van der Waals surface area contributed by atoms with Crippen LogP contribution in [0.2, 0.25) is 0 Å². The Morgan fingerprint density at radius 2 is 1.93 bits per heavy atom. The van der Waals surface area contributed by atoms with Crippen molar-refractivity contribution in [1.82, 2.24) is 29.7 Å². The van der Waals surface area contributed by atoms with Crippen molar-refractivity contribution >= 4 is 5.91 Å². The first-order valence-electron chi connectivity index (χ1n) is 10.2. The molecule has 1 unspecified atom stereocenters. The minimum absolute atomic E-state index is 0.0260. The van der Waals surface area contributed by atoms with Crippen LogP contribution in [0.4, 0.5) is 4.39 Å². The number of hydrogen-bond acceptors (Lipinski definition) is 5. The molecular weight excluding hydrogens is 387 g/mol. The Morgan fingerprint density at radius 1 is 1.10 bits per heavy atom. The third-order valence-electron chi connectivity index (χ3n) is 5.94. The van der Waals surface area contributed by atoms with Crippen molar-refractivity contribution in [2.24, 2.45) is 0 Å². The highest BCUT2D eigenvalue weighted by Gasteiger charge is 2.33. The zero-order valence-electron chi connectivity index (χ0n) is 16.4. The number of halogens is 1. The summed E-state index contributed by atoms with van der Waals surface area (Å²) >= 11 is 0. The van der Waals surface area contributed by atoms with Crippen LogP contribution >= 0.6 is 0 Å². The Bertz CT molecular complexity index is 1150. The minimum Gasteiger partial charge on any atom is -0.337 e. The molecule has 4 heterocycles. The molecule has 1 amide bonds. The van der Waals surface area contributed by atoms with Crippen LogP contribution < -0.4 is 5.56 Å². The lowest BCUT2D eigenvalue weighted by atomic mass is 9.97. The predicted molar refractivity (Wildman–Crippen MR) is 106 cm³/mol. The quantitative estimate of drug-likeness (QED) is 0.646. The summed E-state index contributed by atoms with van der Waals surface area (Å²) in [4.78, 5) is 27.7. The van der Waals surface area contributed by atoms with Gasteiger partial charge < -0.3 is 4.90 Å². The Labute approximate surface area is 171 Å². The van der Waals surface area contributed by atoms with Crippen molar-refractivity contribution in [2.45, 2.75) is 44.7 Å². The molecule has 8 nitrogen and oxygen atoms in total. The van der Waals surface area contributed by atoms with E-state index in [9.17, 15) is 14.0 Å². The van der Waals surface area contributed by atoms with E-state index in [2.05, 4.69) is 15.5 Å². The van der Waals surface area contributed by atoms with Gasteiger partial charge in [0.25, 0.3) is 5.56 Å². The van der Waals surface area contributed by atoms with E-state index in [0.717, 1.165) is 36.9 Å². The number of nitrogens with zero attached hydrogens (tertiary/aromatic N) is 6. The minimum atomic E-state index is -0.354. The summed E-state index contributed by atoms with van der Waals surface area (Å²) in [6, 6.07) is 7.41. The molecule has 9 heteroatoms. The predicted octanol–water partition coefficient (Wildman–Crippen LogP) is 1.82. The SMILES string of the molecule is O=C(C1CCCCn2nnnc21)N1CCc2cc(=O)n(-c3ccc(F)cc3)cc2C1. The van der Waals surface area contributed by atoms with E-state index in [4.69, 9.17) is 0 Å². The molecule has 0 radical (unpaired) electrons. The molecule has 0 bridgehead atoms. The zero-order valence-corrected chi connectivity index (χ0v) is 16.4. The number of aromatic nitrogens is 5. The highest BCUT2D eigenvalue weighted by molar-refractivity contribution is 5.83. The fraction of sp³-hybridized carbons (Fsp3) is 0.381. The summed E-state index contributed by atoms with van der Waals surface area (Å²) in [5, 5.41) is 11.9. The molecule has 5 rings (SSSR count). The van der Waals surface area contributed by atoms with E-state index in [0.29, 0.717) is 31.0 Å². The van der Waals surface area contributed by atoms with Gasteiger partial charge in [-0.2, -0.15) is 0 Å². The highest BCUT2D eigenvalue weighted by atomic mass is 19.1. The van der Waals surface area contributed by atoms with E-state index in [1.54, 1.807) is 29.1 Å². The van der Waals surface area contributed by atoms with Crippen LogP contribution in [0.5, 0.6) is 0 Å². The molecule has 2 aliphatic rings. The van der Waals surface area contributed by atoms with Gasteiger partial charge in [-0.05, 0) is 65.1 Å². The van der Waals surface area contributed by atoms with Gasteiger partial charge in [0, 0.05) is 37.6 Å². The van der Waals surface area contributed by atoms with Gasteiger partial charge in [0.1, 0.15) is 5.82 Å². The molecule has 30 heavy (non-hydrogen) atoms. The van der Waals surface area contributed by atoms with Crippen molar-refractivity contribution < 1.29 is 9.18 Å². The third-order valence-corrected chi connectivity index (χ3v) is 5.94. The maximum Gasteiger partial charge on any atom is 0.255 e. The Morgan fingerprint density at radius 3 is 2.77 bits per heavy atom. The first-order chi connectivity index (χ1) is 14.6. The van der Waals surface area contributed by atoms with Crippen molar-refractivity contribution in [2.75, 3.05) is 6.54 Å². The lowest BCUT2D eigenvalue weighted by Crippen LogP contribution is -2.40. The number of amides is 1. The summed E-state index contributed by atoms with van der Waals surface area (Å²) in [6.45, 7) is 1.72. The molecule has 1 atom stereocenters. The van der Waals surface area contributed by atoms with Gasteiger partial charge in [-0.25, -0.2) is 9.07 Å². The van der Waals surface area contributed by atoms with Gasteiger partial charge in [0.05, 0.1) is 5.92 Å². The van der Waals surface area contributed by atoms with Crippen LogP contribution in [0.25, 0.3) is 5.69 Å². The van der Waals surface area contributed by atoms with Crippen LogP contribution in [-0.4, -0.2) is 42.1 Å². The molecular formula is C21H21FN6O2. The van der Waals surface area contributed by atoms with Crippen LogP contribution in [0.3, 0.4) is 0 Å². The van der Waals surface area contributed by atoms with Gasteiger partial charge in [-0.1, -0.05) is 6.42 Å². The average molecular weight is 408 g/mol. The number of rotatable bonds is 2. The number of tetrazole rings is 1. The summed E-state index contributed by atoms with van der Waals surface area (Å²) in [7, 11) is 0. The van der Waals surface area contributed by atoms with Crippen LogP contribution in [-0.2, 0) is 24.3 Å². The zero-order chi connectivity index (χ0) is 20.7. The molecule has 0 saturated carbocycles. The van der Waals surface area contributed by atoms with Crippen LogP contribution in [0.1, 0.15) is 42.1 Å². The molecule has 0 spiro atoms. The number of aryl methyl sites for hydroxylation is 1. The second kappa shape index (κ2) is 7.47. The summed E-state index contributed by atoms with van der Waals surface area (Å²) < 4.78 is 16.5. The fourth-order valence-electron chi connectivity index (χ4n) is 4.33. The smallest absolute Gasteiger partial charge is 0.255 e. The van der Waals surface area contributed by atoms with E-state index < -0.39 is 0 Å². The topological polar surface area (TPSA) is 85.9 Å². The number of fused-ring (bicyclic) bond motifs is 2. The summed E-state index contributed by atoms with van der Waals surface area (Å²) in [5.41, 5.74) is 2.30. The fourth-order valence-corrected chi connectivity index (χ4v) is 4.33.